The van der Waals surface area contributed by atoms with Crippen molar-refractivity contribution in [2.45, 2.75) is 13.3 Å². The summed E-state index contributed by atoms with van der Waals surface area (Å²) in [4.78, 5) is 5.12. The number of imidazole rings is 1. The molecule has 11 aromatic rings. The van der Waals surface area contributed by atoms with Gasteiger partial charge in [0.1, 0.15) is 5.82 Å². The molecule has 0 unspecified atom stereocenters. The van der Waals surface area contributed by atoms with Gasteiger partial charge in [0.05, 0.1) is 16.7 Å². The lowest BCUT2D eigenvalue weighted by molar-refractivity contribution is 0.917. The second-order valence-corrected chi connectivity index (χ2v) is 13.7. The average molecular weight is 649 g/mol. The second-order valence-electron chi connectivity index (χ2n) is 13.7. The summed E-state index contributed by atoms with van der Waals surface area (Å²) in [5, 5.41) is 17.7. The van der Waals surface area contributed by atoms with Crippen molar-refractivity contribution < 1.29 is 0 Å². The highest BCUT2D eigenvalue weighted by molar-refractivity contribution is 6.35. The van der Waals surface area contributed by atoms with Crippen LogP contribution >= 0.6 is 0 Å². The first-order valence-electron chi connectivity index (χ1n) is 17.9. The van der Waals surface area contributed by atoms with Gasteiger partial charge < -0.3 is 0 Å². The zero-order valence-corrected chi connectivity index (χ0v) is 28.2. The Kier molecular flexibility index (Phi) is 5.97. The van der Waals surface area contributed by atoms with Gasteiger partial charge in [0.15, 0.2) is 0 Å². The van der Waals surface area contributed by atoms with E-state index >= 15 is 0 Å². The Labute approximate surface area is 294 Å². The lowest BCUT2D eigenvalue weighted by Gasteiger charge is -2.22. The van der Waals surface area contributed by atoms with Gasteiger partial charge in [0.25, 0.3) is 0 Å². The molecule has 0 N–H and O–H groups in total. The highest BCUT2D eigenvalue weighted by atomic mass is 15.1. The fourth-order valence-electron chi connectivity index (χ4n) is 9.01. The number of nitrogens with zero attached hydrogens (tertiary/aromatic N) is 2. The molecule has 51 heavy (non-hydrogen) atoms. The summed E-state index contributed by atoms with van der Waals surface area (Å²) >= 11 is 0. The van der Waals surface area contributed by atoms with Crippen LogP contribution in [0, 0.1) is 0 Å². The van der Waals surface area contributed by atoms with Crippen molar-refractivity contribution in [3.8, 4) is 16.8 Å². The number of hydrogen-bond acceptors (Lipinski definition) is 1. The molecule has 0 saturated heterocycles. The summed E-state index contributed by atoms with van der Waals surface area (Å²) < 4.78 is 2.41. The first-order chi connectivity index (χ1) is 25.3. The molecule has 10 aromatic carbocycles. The third-order valence-corrected chi connectivity index (χ3v) is 11.1. The van der Waals surface area contributed by atoms with E-state index in [1.54, 1.807) is 0 Å². The predicted molar refractivity (Wildman–Crippen MR) is 218 cm³/mol. The Morgan fingerprint density at radius 3 is 1.53 bits per heavy atom. The van der Waals surface area contributed by atoms with E-state index < -0.39 is 0 Å². The molecule has 0 radical (unpaired) electrons. The Bertz CT molecular complexity index is 3180. The Hall–Kier alpha value is -6.51. The van der Waals surface area contributed by atoms with Gasteiger partial charge >= 0.3 is 0 Å². The number of benzene rings is 9. The van der Waals surface area contributed by atoms with Gasteiger partial charge in [-0.1, -0.05) is 153 Å². The number of aryl methyl sites for hydroxylation is 1. The van der Waals surface area contributed by atoms with E-state index in [0.717, 1.165) is 23.3 Å². The van der Waals surface area contributed by atoms with E-state index in [4.69, 9.17) is 4.98 Å². The minimum atomic E-state index is 0.837. The summed E-state index contributed by atoms with van der Waals surface area (Å²) in [7, 11) is 0. The molecule has 238 valence electrons. The van der Waals surface area contributed by atoms with Crippen LogP contribution in [0.1, 0.15) is 12.7 Å². The minimum Gasteiger partial charge on any atom is -0.295 e. The maximum absolute atomic E-state index is 5.12. The second kappa shape index (κ2) is 10.7. The van der Waals surface area contributed by atoms with Gasteiger partial charge in [-0.3, -0.25) is 4.57 Å². The van der Waals surface area contributed by atoms with Crippen LogP contribution in [0.25, 0.3) is 103 Å². The summed E-state index contributed by atoms with van der Waals surface area (Å²) in [5.74, 6) is 1.07. The number of fused-ring (bicyclic) bond motifs is 8. The highest BCUT2D eigenvalue weighted by Gasteiger charge is 2.23. The minimum absolute atomic E-state index is 0.837. The quantitative estimate of drug-likeness (QED) is 0.138. The van der Waals surface area contributed by atoms with Gasteiger partial charge in [0.2, 0.25) is 0 Å². The van der Waals surface area contributed by atoms with Crippen molar-refractivity contribution in [2.75, 3.05) is 0 Å². The van der Waals surface area contributed by atoms with Crippen LogP contribution in [0.15, 0.2) is 164 Å². The van der Waals surface area contributed by atoms with E-state index in [0.29, 0.717) is 0 Å². The van der Waals surface area contributed by atoms with Crippen LogP contribution in [-0.4, -0.2) is 9.55 Å². The molecule has 0 spiro atoms. The number of aromatic nitrogens is 2. The molecule has 1 aromatic heterocycles. The fourth-order valence-corrected chi connectivity index (χ4v) is 9.01. The van der Waals surface area contributed by atoms with Crippen LogP contribution in [0.4, 0.5) is 0 Å². The van der Waals surface area contributed by atoms with E-state index in [-0.39, 0.29) is 0 Å². The van der Waals surface area contributed by atoms with E-state index in [1.807, 2.05) is 0 Å². The summed E-state index contributed by atoms with van der Waals surface area (Å²) in [6, 6.07) is 60.6. The Balaban J connectivity index is 1.37. The van der Waals surface area contributed by atoms with Crippen molar-refractivity contribution in [3.63, 3.8) is 0 Å². The van der Waals surface area contributed by atoms with Gasteiger partial charge in [0, 0.05) is 17.2 Å². The van der Waals surface area contributed by atoms with Gasteiger partial charge in [-0.05, 0) is 94.0 Å². The first-order valence-corrected chi connectivity index (χ1v) is 17.9. The molecule has 0 atom stereocenters. The number of hydrogen-bond donors (Lipinski definition) is 0. The molecular weight excluding hydrogens is 617 g/mol. The first kappa shape index (κ1) is 28.3. The van der Waals surface area contributed by atoms with E-state index in [2.05, 4.69) is 175 Å². The van der Waals surface area contributed by atoms with Crippen molar-refractivity contribution in [3.05, 3.63) is 170 Å². The zero-order chi connectivity index (χ0) is 33.6. The third-order valence-electron chi connectivity index (χ3n) is 11.1. The standard InChI is InChI=1S/C49H32N2/c1-2-45-50-43-27-11-12-28-44(43)51(45)49-40-22-9-7-20-37(40)47(38-21-8-10-23-41(38)49)42-29-30-15-13-24-35-33-18-5-3-16-31(33)32-17-4-6-19-34(32)36-25-14-26-39(42)48(36)46(30)35/h3-29H,2H2,1H3. The van der Waals surface area contributed by atoms with Crippen LogP contribution in [0.3, 0.4) is 0 Å². The number of para-hydroxylation sites is 2. The third kappa shape index (κ3) is 3.90. The molecular formula is C49H32N2. The van der Waals surface area contributed by atoms with E-state index in [1.165, 1.54) is 92.2 Å². The Morgan fingerprint density at radius 2 is 0.902 bits per heavy atom. The largest absolute Gasteiger partial charge is 0.295 e. The lowest BCUT2D eigenvalue weighted by atomic mass is 9.84. The smallest absolute Gasteiger partial charge is 0.114 e. The van der Waals surface area contributed by atoms with Crippen molar-refractivity contribution >= 4 is 86.4 Å². The lowest BCUT2D eigenvalue weighted by Crippen LogP contribution is -2.03. The highest BCUT2D eigenvalue weighted by Crippen LogP contribution is 2.48. The molecule has 2 nitrogen and oxygen atoms in total. The molecule has 0 fully saturated rings. The molecule has 1 heterocycles. The van der Waals surface area contributed by atoms with Gasteiger partial charge in [-0.2, -0.15) is 0 Å². The SMILES string of the molecule is CCc1nc2ccccc2n1-c1c2ccccc2c(-c2cc3cccc4c5ccccc5c5ccccc5c5cccc2c5c34)c2ccccc12. The summed E-state index contributed by atoms with van der Waals surface area (Å²) in [5.41, 5.74) is 5.89. The molecule has 0 aliphatic rings. The predicted octanol–water partition coefficient (Wildman–Crippen LogP) is 13.3. The van der Waals surface area contributed by atoms with Crippen LogP contribution in [0.2, 0.25) is 0 Å². The normalized spacial score (nSPS) is 12.1. The maximum atomic E-state index is 5.12. The summed E-state index contributed by atoms with van der Waals surface area (Å²) in [6.45, 7) is 2.20. The summed E-state index contributed by atoms with van der Waals surface area (Å²) in [6.07, 6.45) is 0.837. The number of rotatable bonds is 3. The molecule has 11 rings (SSSR count). The van der Waals surface area contributed by atoms with E-state index in [9.17, 15) is 0 Å². The van der Waals surface area contributed by atoms with Crippen molar-refractivity contribution in [2.24, 2.45) is 0 Å². The topological polar surface area (TPSA) is 17.8 Å². The Morgan fingerprint density at radius 1 is 0.431 bits per heavy atom. The van der Waals surface area contributed by atoms with Crippen LogP contribution < -0.4 is 0 Å². The fraction of sp³-hybridized carbons (Fsp3) is 0.0408. The van der Waals surface area contributed by atoms with Crippen LogP contribution in [-0.2, 0) is 6.42 Å². The zero-order valence-electron chi connectivity index (χ0n) is 28.2. The molecule has 0 aliphatic carbocycles. The van der Waals surface area contributed by atoms with Crippen LogP contribution in [0.5, 0.6) is 0 Å². The van der Waals surface area contributed by atoms with Crippen molar-refractivity contribution in [1.29, 1.82) is 0 Å². The average Bonchev–Trinajstić information content (AvgIpc) is 3.57. The monoisotopic (exact) mass is 648 g/mol. The maximum Gasteiger partial charge on any atom is 0.114 e. The molecule has 0 saturated carbocycles. The van der Waals surface area contributed by atoms with Gasteiger partial charge in [-0.25, -0.2) is 4.98 Å². The molecule has 2 heteroatoms. The molecule has 0 aliphatic heterocycles. The van der Waals surface area contributed by atoms with Gasteiger partial charge in [-0.15, -0.1) is 0 Å². The molecule has 0 bridgehead atoms. The van der Waals surface area contributed by atoms with Crippen molar-refractivity contribution in [1.82, 2.24) is 9.55 Å². The molecule has 0 amide bonds.